The quantitative estimate of drug-likeness (QED) is 0.704. The lowest BCUT2D eigenvalue weighted by atomic mass is 10.2. The summed E-state index contributed by atoms with van der Waals surface area (Å²) in [6, 6.07) is 0. The Balaban J connectivity index is 2.35. The molecule has 0 saturated heterocycles. The Labute approximate surface area is 84.0 Å². The fourth-order valence-electron chi connectivity index (χ4n) is 0.984. The van der Waals surface area contributed by atoms with Crippen molar-refractivity contribution in [1.82, 2.24) is 0 Å². The Hall–Kier alpha value is -0.840. The second-order valence-corrected chi connectivity index (χ2v) is 3.49. The Bertz CT molecular complexity index is 259. The highest BCUT2D eigenvalue weighted by molar-refractivity contribution is 9.11. The highest BCUT2D eigenvalue weighted by Gasteiger charge is 2.24. The minimum atomic E-state index is -0.373. The predicted molar refractivity (Wildman–Crippen MR) is 48.1 cm³/mol. The van der Waals surface area contributed by atoms with Gasteiger partial charge >= 0.3 is 11.9 Å². The number of ether oxygens (including phenoxy) is 2. The van der Waals surface area contributed by atoms with Crippen molar-refractivity contribution in [3.63, 3.8) is 0 Å². The van der Waals surface area contributed by atoms with Crippen LogP contribution >= 0.6 is 15.9 Å². The van der Waals surface area contributed by atoms with Crippen LogP contribution in [0, 0.1) is 0 Å². The average molecular weight is 249 g/mol. The molecule has 0 saturated carbocycles. The molecule has 72 valence electrons. The van der Waals surface area contributed by atoms with E-state index >= 15 is 0 Å². The molecule has 0 N–H and O–H groups in total. The van der Waals surface area contributed by atoms with Crippen molar-refractivity contribution < 1.29 is 19.1 Å². The van der Waals surface area contributed by atoms with Crippen LogP contribution < -0.4 is 0 Å². The zero-order valence-corrected chi connectivity index (χ0v) is 8.67. The Kier molecular flexibility index (Phi) is 3.48. The van der Waals surface area contributed by atoms with E-state index in [0.717, 1.165) is 0 Å². The molecule has 0 radical (unpaired) electrons. The molecule has 0 fully saturated rings. The monoisotopic (exact) mass is 248 g/mol. The number of carbonyl (C=O) groups excluding carboxylic acids is 2. The van der Waals surface area contributed by atoms with Gasteiger partial charge in [0, 0.05) is 17.0 Å². The fourth-order valence-corrected chi connectivity index (χ4v) is 1.49. The summed E-state index contributed by atoms with van der Waals surface area (Å²) in [7, 11) is 1.33. The highest BCUT2D eigenvalue weighted by atomic mass is 79.9. The number of halogens is 1. The summed E-state index contributed by atoms with van der Waals surface area (Å²) in [6.07, 6.45) is 1.74. The summed E-state index contributed by atoms with van der Waals surface area (Å²) in [6.45, 7) is 0. The zero-order chi connectivity index (χ0) is 9.84. The minimum Gasteiger partial charge on any atom is -0.469 e. The Morgan fingerprint density at radius 3 is 2.92 bits per heavy atom. The van der Waals surface area contributed by atoms with E-state index < -0.39 is 0 Å². The van der Waals surface area contributed by atoms with Crippen molar-refractivity contribution >= 4 is 27.9 Å². The molecule has 0 aromatic rings. The number of methoxy groups -OCH3 is 1. The molecule has 1 aliphatic rings. The summed E-state index contributed by atoms with van der Waals surface area (Å²) >= 11 is 3.18. The van der Waals surface area contributed by atoms with Crippen molar-refractivity contribution in [2.45, 2.75) is 18.9 Å². The summed E-state index contributed by atoms with van der Waals surface area (Å²) in [5.41, 5.74) is 0. The van der Waals surface area contributed by atoms with Gasteiger partial charge in [-0.15, -0.1) is 0 Å². The van der Waals surface area contributed by atoms with Crippen LogP contribution in [0.25, 0.3) is 0 Å². The van der Waals surface area contributed by atoms with Gasteiger partial charge in [0.1, 0.15) is 6.10 Å². The van der Waals surface area contributed by atoms with Crippen LogP contribution in [0.3, 0.4) is 0 Å². The molecule has 0 bridgehead atoms. The SMILES string of the molecule is COC(=O)CCC1OC(=O)C=C1Br. The summed E-state index contributed by atoms with van der Waals surface area (Å²) in [5.74, 6) is -0.676. The first-order chi connectivity index (χ1) is 6.13. The number of rotatable bonds is 3. The Morgan fingerprint density at radius 2 is 2.46 bits per heavy atom. The van der Waals surface area contributed by atoms with Gasteiger partial charge in [-0.25, -0.2) is 4.79 Å². The molecule has 5 heteroatoms. The van der Waals surface area contributed by atoms with E-state index in [2.05, 4.69) is 20.7 Å². The first-order valence-corrected chi connectivity index (χ1v) is 4.57. The third kappa shape index (κ3) is 2.84. The topological polar surface area (TPSA) is 52.6 Å². The van der Waals surface area contributed by atoms with Crippen molar-refractivity contribution in [2.75, 3.05) is 7.11 Å². The van der Waals surface area contributed by atoms with Gasteiger partial charge < -0.3 is 9.47 Å². The first kappa shape index (κ1) is 10.2. The summed E-state index contributed by atoms with van der Waals surface area (Å²) < 4.78 is 10.0. The van der Waals surface area contributed by atoms with Gasteiger partial charge in [-0.3, -0.25) is 4.79 Å². The number of cyclic esters (lactones) is 1. The maximum Gasteiger partial charge on any atom is 0.332 e. The van der Waals surface area contributed by atoms with Crippen LogP contribution in [0.4, 0.5) is 0 Å². The lowest BCUT2D eigenvalue weighted by Crippen LogP contribution is -2.12. The second-order valence-electron chi connectivity index (χ2n) is 2.57. The van der Waals surface area contributed by atoms with E-state index in [0.29, 0.717) is 10.9 Å². The van der Waals surface area contributed by atoms with E-state index in [1.807, 2.05) is 0 Å². The fraction of sp³-hybridized carbons (Fsp3) is 0.500. The lowest BCUT2D eigenvalue weighted by molar-refractivity contribution is -0.144. The van der Waals surface area contributed by atoms with Gasteiger partial charge in [0.25, 0.3) is 0 Å². The maximum absolute atomic E-state index is 10.8. The van der Waals surface area contributed by atoms with Crippen LogP contribution in [0.15, 0.2) is 10.6 Å². The van der Waals surface area contributed by atoms with Crippen LogP contribution in [0.2, 0.25) is 0 Å². The van der Waals surface area contributed by atoms with E-state index in [9.17, 15) is 9.59 Å². The number of carbonyl (C=O) groups is 2. The predicted octanol–water partition coefficient (Wildman–Crippen LogP) is 1.14. The van der Waals surface area contributed by atoms with Crippen LogP contribution in [-0.4, -0.2) is 25.2 Å². The molecule has 0 aromatic carbocycles. The summed E-state index contributed by atoms with van der Waals surface area (Å²) in [4.78, 5) is 21.5. The van der Waals surface area contributed by atoms with Crippen LogP contribution in [-0.2, 0) is 19.1 Å². The molecule has 4 nitrogen and oxygen atoms in total. The van der Waals surface area contributed by atoms with E-state index in [4.69, 9.17) is 4.74 Å². The normalized spacial score (nSPS) is 20.9. The zero-order valence-electron chi connectivity index (χ0n) is 7.08. The van der Waals surface area contributed by atoms with E-state index in [-0.39, 0.29) is 24.5 Å². The van der Waals surface area contributed by atoms with E-state index in [1.165, 1.54) is 13.2 Å². The number of esters is 2. The summed E-state index contributed by atoms with van der Waals surface area (Å²) in [5, 5.41) is 0. The average Bonchev–Trinajstić information content (AvgIpc) is 2.41. The van der Waals surface area contributed by atoms with Crippen molar-refractivity contribution in [3.05, 3.63) is 10.6 Å². The highest BCUT2D eigenvalue weighted by Crippen LogP contribution is 2.24. The van der Waals surface area contributed by atoms with E-state index in [1.54, 1.807) is 0 Å². The molecule has 13 heavy (non-hydrogen) atoms. The van der Waals surface area contributed by atoms with Gasteiger partial charge in [-0.1, -0.05) is 15.9 Å². The molecular formula is C8H9BrO4. The molecule has 1 rings (SSSR count). The van der Waals surface area contributed by atoms with Gasteiger partial charge in [-0.2, -0.15) is 0 Å². The van der Waals surface area contributed by atoms with Crippen molar-refractivity contribution in [3.8, 4) is 0 Å². The molecule has 0 spiro atoms. The molecule has 1 atom stereocenters. The minimum absolute atomic E-state index is 0.247. The number of hydrogen-bond acceptors (Lipinski definition) is 4. The van der Waals surface area contributed by atoms with Crippen LogP contribution in [0.5, 0.6) is 0 Å². The molecule has 0 amide bonds. The first-order valence-electron chi connectivity index (χ1n) is 3.78. The second kappa shape index (κ2) is 4.41. The van der Waals surface area contributed by atoms with Crippen LogP contribution in [0.1, 0.15) is 12.8 Å². The third-order valence-electron chi connectivity index (χ3n) is 1.66. The van der Waals surface area contributed by atoms with Gasteiger partial charge in [-0.05, 0) is 6.42 Å². The maximum atomic E-state index is 10.8. The standard InChI is InChI=1S/C8H9BrO4/c1-12-7(10)3-2-6-5(9)4-8(11)13-6/h4,6H,2-3H2,1H3. The largest absolute Gasteiger partial charge is 0.469 e. The smallest absolute Gasteiger partial charge is 0.332 e. The van der Waals surface area contributed by atoms with Gasteiger partial charge in [0.15, 0.2) is 0 Å². The lowest BCUT2D eigenvalue weighted by Gasteiger charge is -2.08. The molecular weight excluding hydrogens is 240 g/mol. The molecule has 1 unspecified atom stereocenters. The van der Waals surface area contributed by atoms with Crippen molar-refractivity contribution in [2.24, 2.45) is 0 Å². The molecule has 1 aliphatic heterocycles. The Morgan fingerprint density at radius 1 is 1.77 bits per heavy atom. The molecule has 1 heterocycles. The third-order valence-corrected chi connectivity index (χ3v) is 2.40. The molecule has 0 aromatic heterocycles. The van der Waals surface area contributed by atoms with Gasteiger partial charge in [0.05, 0.1) is 7.11 Å². The number of hydrogen-bond donors (Lipinski definition) is 0. The van der Waals surface area contributed by atoms with Gasteiger partial charge in [0.2, 0.25) is 0 Å². The van der Waals surface area contributed by atoms with Crippen molar-refractivity contribution in [1.29, 1.82) is 0 Å². The molecule has 0 aliphatic carbocycles.